The number of benzene rings is 1. The molecule has 2 aromatic rings. The number of carbonyl (C=O) groups excluding carboxylic acids is 2. The van der Waals surface area contributed by atoms with Gasteiger partial charge in [0.1, 0.15) is 11.0 Å². The molecule has 7 heteroatoms. The van der Waals surface area contributed by atoms with E-state index in [1.165, 1.54) is 11.3 Å². The number of aliphatic hydroxyl groups excluding tert-OH is 1. The summed E-state index contributed by atoms with van der Waals surface area (Å²) in [6.07, 6.45) is 0.670. The molecule has 3 N–H and O–H groups in total. The summed E-state index contributed by atoms with van der Waals surface area (Å²) >= 11 is 1.48. The molecule has 0 bridgehead atoms. The van der Waals surface area contributed by atoms with Gasteiger partial charge in [-0.2, -0.15) is 0 Å². The van der Waals surface area contributed by atoms with Gasteiger partial charge in [0.2, 0.25) is 5.91 Å². The van der Waals surface area contributed by atoms with Crippen LogP contribution in [-0.2, 0) is 4.79 Å². The van der Waals surface area contributed by atoms with Crippen molar-refractivity contribution < 1.29 is 14.7 Å². The van der Waals surface area contributed by atoms with Gasteiger partial charge in [0, 0.05) is 16.6 Å². The lowest BCUT2D eigenvalue weighted by Gasteiger charge is -2.20. The first-order chi connectivity index (χ1) is 11.5. The van der Waals surface area contributed by atoms with Crippen LogP contribution >= 0.6 is 11.3 Å². The zero-order valence-corrected chi connectivity index (χ0v) is 14.5. The maximum atomic E-state index is 12.4. The van der Waals surface area contributed by atoms with Gasteiger partial charge in [-0.25, -0.2) is 4.98 Å². The molecule has 0 spiro atoms. The predicted molar refractivity (Wildman–Crippen MR) is 92.8 cm³/mol. The van der Waals surface area contributed by atoms with E-state index in [4.69, 9.17) is 0 Å². The van der Waals surface area contributed by atoms with Crippen molar-refractivity contribution >= 4 is 23.2 Å². The third-order valence-electron chi connectivity index (χ3n) is 3.50. The largest absolute Gasteiger partial charge is 0.394 e. The van der Waals surface area contributed by atoms with Crippen LogP contribution < -0.4 is 10.6 Å². The lowest BCUT2D eigenvalue weighted by Crippen LogP contribution is -2.49. The normalized spacial score (nSPS) is 13.1. The highest BCUT2D eigenvalue weighted by Gasteiger charge is 2.24. The minimum absolute atomic E-state index is 0.237. The number of carbonyl (C=O) groups is 2. The Kier molecular flexibility index (Phi) is 6.45. The molecule has 128 valence electrons. The molecule has 6 nitrogen and oxygen atoms in total. The molecular formula is C17H21N3O3S. The summed E-state index contributed by atoms with van der Waals surface area (Å²) in [6, 6.07) is 7.33. The Morgan fingerprint density at radius 1 is 1.25 bits per heavy atom. The molecule has 2 atom stereocenters. The van der Waals surface area contributed by atoms with E-state index in [1.54, 1.807) is 30.3 Å². The van der Waals surface area contributed by atoms with Crippen molar-refractivity contribution in [2.75, 3.05) is 6.61 Å². The Hall–Kier alpha value is -2.25. The number of rotatable bonds is 7. The van der Waals surface area contributed by atoms with Crippen LogP contribution in [-0.4, -0.2) is 34.6 Å². The number of amides is 2. The van der Waals surface area contributed by atoms with Gasteiger partial charge in [-0.05, 0) is 25.5 Å². The number of aromatic nitrogens is 1. The smallest absolute Gasteiger partial charge is 0.251 e. The van der Waals surface area contributed by atoms with E-state index in [0.29, 0.717) is 12.0 Å². The van der Waals surface area contributed by atoms with E-state index in [1.807, 2.05) is 19.2 Å². The van der Waals surface area contributed by atoms with Crippen molar-refractivity contribution in [3.63, 3.8) is 0 Å². The summed E-state index contributed by atoms with van der Waals surface area (Å²) in [6.45, 7) is 3.36. The van der Waals surface area contributed by atoms with E-state index < -0.39 is 24.5 Å². The molecule has 0 unspecified atom stereocenters. The van der Waals surface area contributed by atoms with Crippen LogP contribution in [0.15, 0.2) is 35.7 Å². The van der Waals surface area contributed by atoms with Crippen molar-refractivity contribution in [2.24, 2.45) is 0 Å². The molecule has 1 aromatic heterocycles. The molecule has 1 aromatic carbocycles. The quantitative estimate of drug-likeness (QED) is 0.712. The van der Waals surface area contributed by atoms with E-state index in [-0.39, 0.29) is 6.04 Å². The molecule has 2 amide bonds. The Balaban J connectivity index is 2.01. The first-order valence-electron chi connectivity index (χ1n) is 7.74. The molecule has 1 heterocycles. The molecule has 0 aliphatic rings. The van der Waals surface area contributed by atoms with Crippen molar-refractivity contribution in [2.45, 2.75) is 32.4 Å². The number of thiazole rings is 1. The minimum atomic E-state index is -1.01. The molecule has 0 aliphatic heterocycles. The summed E-state index contributed by atoms with van der Waals surface area (Å²) in [5, 5.41) is 17.6. The topological polar surface area (TPSA) is 91.3 Å². The zero-order valence-electron chi connectivity index (χ0n) is 13.7. The van der Waals surface area contributed by atoms with Crippen molar-refractivity contribution in [1.82, 2.24) is 15.6 Å². The lowest BCUT2D eigenvalue weighted by molar-refractivity contribution is -0.124. The molecule has 0 saturated carbocycles. The average Bonchev–Trinajstić information content (AvgIpc) is 3.04. The van der Waals surface area contributed by atoms with Gasteiger partial charge in [-0.3, -0.25) is 9.59 Å². The average molecular weight is 347 g/mol. The van der Waals surface area contributed by atoms with Gasteiger partial charge >= 0.3 is 0 Å². The molecular weight excluding hydrogens is 326 g/mol. The van der Waals surface area contributed by atoms with E-state index in [9.17, 15) is 14.7 Å². The Bertz CT molecular complexity index is 687. The van der Waals surface area contributed by atoms with Gasteiger partial charge < -0.3 is 15.7 Å². The highest BCUT2D eigenvalue weighted by Crippen LogP contribution is 2.20. The zero-order chi connectivity index (χ0) is 17.5. The van der Waals surface area contributed by atoms with Crippen molar-refractivity contribution in [1.29, 1.82) is 0 Å². The van der Waals surface area contributed by atoms with Crippen LogP contribution in [0.5, 0.6) is 0 Å². The second-order valence-electron chi connectivity index (χ2n) is 5.37. The summed E-state index contributed by atoms with van der Waals surface area (Å²) in [7, 11) is 0. The Labute approximate surface area is 144 Å². The second-order valence-corrected chi connectivity index (χ2v) is 6.26. The molecule has 2 rings (SSSR count). The van der Waals surface area contributed by atoms with Crippen LogP contribution in [0.4, 0.5) is 0 Å². The van der Waals surface area contributed by atoms with Crippen LogP contribution in [0.3, 0.4) is 0 Å². The maximum Gasteiger partial charge on any atom is 0.251 e. The fourth-order valence-corrected chi connectivity index (χ4v) is 3.10. The third-order valence-corrected chi connectivity index (χ3v) is 4.58. The molecule has 0 fully saturated rings. The van der Waals surface area contributed by atoms with Gasteiger partial charge in [-0.1, -0.05) is 25.1 Å². The first-order valence-corrected chi connectivity index (χ1v) is 8.62. The highest BCUT2D eigenvalue weighted by molar-refractivity contribution is 7.09. The fraction of sp³-hybridized carbons (Fsp3) is 0.353. The fourth-order valence-electron chi connectivity index (χ4n) is 2.17. The van der Waals surface area contributed by atoms with Crippen molar-refractivity contribution in [3.05, 3.63) is 52.0 Å². The molecule has 24 heavy (non-hydrogen) atoms. The second kappa shape index (κ2) is 8.56. The summed E-state index contributed by atoms with van der Waals surface area (Å²) in [4.78, 5) is 28.9. The van der Waals surface area contributed by atoms with E-state index >= 15 is 0 Å². The number of hydrogen-bond acceptors (Lipinski definition) is 5. The number of aliphatic hydroxyl groups is 1. The number of aryl methyl sites for hydroxylation is 1. The molecule has 0 aliphatic carbocycles. The standard InChI is InChI=1S/C17H21N3O3S/c1-3-13(17-18-11(2)10-24-17)19-16(23)14(9-21)20-15(22)12-7-5-4-6-8-12/h4-8,10,13-14,21H,3,9H2,1-2H3,(H,19,23)(H,20,22)/t13-,14-/m1/s1. The van der Waals surface area contributed by atoms with E-state index in [0.717, 1.165) is 10.7 Å². The maximum absolute atomic E-state index is 12.4. The number of nitrogens with one attached hydrogen (secondary N) is 2. The molecule has 0 saturated heterocycles. The number of hydrogen-bond donors (Lipinski definition) is 3. The van der Waals surface area contributed by atoms with Gasteiger partial charge in [0.15, 0.2) is 0 Å². The third kappa shape index (κ3) is 4.62. The Morgan fingerprint density at radius 3 is 2.50 bits per heavy atom. The van der Waals surface area contributed by atoms with Crippen LogP contribution in [0.2, 0.25) is 0 Å². The SMILES string of the molecule is CC[C@@H](NC(=O)[C@@H](CO)NC(=O)c1ccccc1)c1nc(C)cs1. The van der Waals surface area contributed by atoms with Gasteiger partial charge in [-0.15, -0.1) is 11.3 Å². The van der Waals surface area contributed by atoms with Gasteiger partial charge in [0.05, 0.1) is 12.6 Å². The Morgan fingerprint density at radius 2 is 1.96 bits per heavy atom. The minimum Gasteiger partial charge on any atom is -0.394 e. The monoisotopic (exact) mass is 347 g/mol. The highest BCUT2D eigenvalue weighted by atomic mass is 32.1. The van der Waals surface area contributed by atoms with Crippen LogP contribution in [0.1, 0.15) is 40.4 Å². The van der Waals surface area contributed by atoms with Crippen LogP contribution in [0.25, 0.3) is 0 Å². The lowest BCUT2D eigenvalue weighted by atomic mass is 10.1. The molecule has 0 radical (unpaired) electrons. The number of nitrogens with zero attached hydrogens (tertiary/aromatic N) is 1. The summed E-state index contributed by atoms with van der Waals surface area (Å²) in [5.41, 5.74) is 1.34. The van der Waals surface area contributed by atoms with Crippen molar-refractivity contribution in [3.8, 4) is 0 Å². The summed E-state index contributed by atoms with van der Waals surface area (Å²) in [5.74, 6) is -0.829. The van der Waals surface area contributed by atoms with E-state index in [2.05, 4.69) is 15.6 Å². The van der Waals surface area contributed by atoms with Crippen LogP contribution in [0, 0.1) is 6.92 Å². The summed E-state index contributed by atoms with van der Waals surface area (Å²) < 4.78 is 0. The first kappa shape index (κ1) is 18.1. The van der Waals surface area contributed by atoms with Gasteiger partial charge in [0.25, 0.3) is 5.91 Å². The predicted octanol–water partition coefficient (Wildman–Crippen LogP) is 1.81.